The Morgan fingerprint density at radius 1 is 1.21 bits per heavy atom. The molecule has 1 N–H and O–H groups in total. The van der Waals surface area contributed by atoms with E-state index < -0.39 is 16.1 Å². The van der Waals surface area contributed by atoms with Crippen LogP contribution in [-0.2, 0) is 14.8 Å². The van der Waals surface area contributed by atoms with Crippen molar-refractivity contribution < 1.29 is 13.2 Å². The molecule has 2 fully saturated rings. The van der Waals surface area contributed by atoms with Crippen molar-refractivity contribution in [3.63, 3.8) is 0 Å². The summed E-state index contributed by atoms with van der Waals surface area (Å²) in [6, 6.07) is 6.65. The number of benzene rings is 1. The largest absolute Gasteiger partial charge is 0.351 e. The first kappa shape index (κ1) is 17.3. The molecule has 0 aromatic heterocycles. The van der Waals surface area contributed by atoms with Crippen molar-refractivity contribution in [1.82, 2.24) is 5.32 Å². The van der Waals surface area contributed by atoms with Gasteiger partial charge in [0.1, 0.15) is 6.04 Å². The number of carbonyl (C=O) groups excluding carboxylic acids is 1. The second-order valence-corrected chi connectivity index (χ2v) is 9.22. The molecule has 5 nitrogen and oxygen atoms in total. The molecule has 2 saturated carbocycles. The Labute approximate surface area is 144 Å². The normalized spacial score (nSPS) is 27.0. The van der Waals surface area contributed by atoms with Crippen molar-refractivity contribution in [3.8, 4) is 0 Å². The lowest BCUT2D eigenvalue weighted by Crippen LogP contribution is -2.51. The predicted molar refractivity (Wildman–Crippen MR) is 95.3 cm³/mol. The zero-order chi connectivity index (χ0) is 17.5. The number of anilines is 1. The van der Waals surface area contributed by atoms with Crippen molar-refractivity contribution in [2.24, 2.45) is 11.8 Å². The van der Waals surface area contributed by atoms with Gasteiger partial charge in [0, 0.05) is 6.04 Å². The van der Waals surface area contributed by atoms with Gasteiger partial charge in [-0.25, -0.2) is 8.42 Å². The molecule has 0 spiro atoms. The number of nitrogens with zero attached hydrogens (tertiary/aromatic N) is 1. The molecule has 3 rings (SSSR count). The van der Waals surface area contributed by atoms with Gasteiger partial charge in [-0.05, 0) is 57.1 Å². The molecular weight excluding hydrogens is 324 g/mol. The van der Waals surface area contributed by atoms with E-state index in [1.165, 1.54) is 23.6 Å². The summed E-state index contributed by atoms with van der Waals surface area (Å²) in [6.45, 7) is 3.60. The van der Waals surface area contributed by atoms with E-state index in [-0.39, 0.29) is 11.9 Å². The summed E-state index contributed by atoms with van der Waals surface area (Å²) in [6.07, 6.45) is 5.83. The minimum absolute atomic E-state index is 0.207. The van der Waals surface area contributed by atoms with Crippen LogP contribution < -0.4 is 9.62 Å². The Morgan fingerprint density at radius 3 is 2.38 bits per heavy atom. The lowest BCUT2D eigenvalue weighted by Gasteiger charge is -2.31. The second kappa shape index (κ2) is 6.39. The monoisotopic (exact) mass is 350 g/mol. The number of sulfonamides is 1. The van der Waals surface area contributed by atoms with Crippen LogP contribution in [0.25, 0.3) is 0 Å². The van der Waals surface area contributed by atoms with Crippen LogP contribution in [0.5, 0.6) is 0 Å². The summed E-state index contributed by atoms with van der Waals surface area (Å²) in [4.78, 5) is 12.7. The molecule has 0 unspecified atom stereocenters. The van der Waals surface area contributed by atoms with Crippen LogP contribution in [0.2, 0.25) is 0 Å². The van der Waals surface area contributed by atoms with Crippen molar-refractivity contribution >= 4 is 21.6 Å². The molecule has 132 valence electrons. The van der Waals surface area contributed by atoms with Gasteiger partial charge in [-0.2, -0.15) is 0 Å². The van der Waals surface area contributed by atoms with E-state index >= 15 is 0 Å². The van der Waals surface area contributed by atoms with Crippen molar-refractivity contribution in [2.75, 3.05) is 10.6 Å². The van der Waals surface area contributed by atoms with Gasteiger partial charge in [-0.1, -0.05) is 24.1 Å². The fourth-order valence-electron chi connectivity index (χ4n) is 4.23. The van der Waals surface area contributed by atoms with Gasteiger partial charge in [-0.3, -0.25) is 9.10 Å². The Hall–Kier alpha value is -1.56. The molecule has 6 heteroatoms. The van der Waals surface area contributed by atoms with Crippen molar-refractivity contribution in [1.29, 1.82) is 0 Å². The van der Waals surface area contributed by atoms with Crippen LogP contribution in [-0.4, -0.2) is 32.7 Å². The third-order valence-corrected chi connectivity index (χ3v) is 6.68. The van der Waals surface area contributed by atoms with Gasteiger partial charge in [-0.15, -0.1) is 0 Å². The van der Waals surface area contributed by atoms with Gasteiger partial charge in [0.15, 0.2) is 0 Å². The molecule has 0 aliphatic heterocycles. The average Bonchev–Trinajstić information content (AvgIpc) is 3.10. The molecule has 0 radical (unpaired) electrons. The summed E-state index contributed by atoms with van der Waals surface area (Å²) in [7, 11) is -3.55. The maximum atomic E-state index is 12.7. The lowest BCUT2D eigenvalue weighted by atomic mass is 9.95. The van der Waals surface area contributed by atoms with E-state index in [4.69, 9.17) is 0 Å². The second-order valence-electron chi connectivity index (χ2n) is 7.36. The number of nitrogens with one attached hydrogen (secondary N) is 1. The number of fused-ring (bicyclic) bond motifs is 2. The SMILES string of the molecule is Cc1ccc(N([C@H](C)C(=O)N[C@@H]2C[C@H]3CC[C@H]2C3)S(C)(=O)=O)cc1. The standard InChI is InChI=1S/C18H26N2O3S/c1-12-4-8-16(9-5-12)20(24(3,22)23)13(2)18(21)19-17-11-14-6-7-15(17)10-14/h4-5,8-9,13-15,17H,6-7,10-11H2,1-3H3,(H,19,21)/t13-,14+,15+,17-/m1/s1. The summed E-state index contributed by atoms with van der Waals surface area (Å²) in [5, 5.41) is 3.10. The first-order chi connectivity index (χ1) is 11.3. The quantitative estimate of drug-likeness (QED) is 0.887. The third kappa shape index (κ3) is 3.43. The number of rotatable bonds is 5. The number of hydrogen-bond donors (Lipinski definition) is 1. The summed E-state index contributed by atoms with van der Waals surface area (Å²) < 4.78 is 25.8. The molecular formula is C18H26N2O3S. The number of aryl methyl sites for hydroxylation is 1. The van der Waals surface area contributed by atoms with Crippen LogP contribution in [0.15, 0.2) is 24.3 Å². The third-order valence-electron chi connectivity index (χ3n) is 5.44. The molecule has 2 aliphatic rings. The molecule has 1 aromatic carbocycles. The zero-order valence-electron chi connectivity index (χ0n) is 14.5. The van der Waals surface area contributed by atoms with E-state index in [0.29, 0.717) is 11.6 Å². The fraction of sp³-hybridized carbons (Fsp3) is 0.611. The first-order valence-electron chi connectivity index (χ1n) is 8.62. The van der Waals surface area contributed by atoms with Crippen LogP contribution in [0.1, 0.15) is 38.2 Å². The molecule has 2 aliphatic carbocycles. The maximum absolute atomic E-state index is 12.7. The van der Waals surface area contributed by atoms with Crippen LogP contribution in [0.3, 0.4) is 0 Å². The predicted octanol–water partition coefficient (Wildman–Crippen LogP) is 2.45. The Balaban J connectivity index is 1.77. The molecule has 0 heterocycles. The molecule has 4 atom stereocenters. The molecule has 2 bridgehead atoms. The zero-order valence-corrected chi connectivity index (χ0v) is 15.3. The Morgan fingerprint density at radius 2 is 1.88 bits per heavy atom. The molecule has 1 aromatic rings. The van der Waals surface area contributed by atoms with Crippen LogP contribution >= 0.6 is 0 Å². The number of amides is 1. The lowest BCUT2D eigenvalue weighted by molar-refractivity contribution is -0.122. The number of carbonyl (C=O) groups is 1. The molecule has 24 heavy (non-hydrogen) atoms. The van der Waals surface area contributed by atoms with Gasteiger partial charge < -0.3 is 5.32 Å². The fourth-order valence-corrected chi connectivity index (χ4v) is 5.40. The van der Waals surface area contributed by atoms with Gasteiger partial charge >= 0.3 is 0 Å². The van der Waals surface area contributed by atoms with Crippen molar-refractivity contribution in [2.45, 2.75) is 51.6 Å². The highest BCUT2D eigenvalue weighted by molar-refractivity contribution is 7.92. The minimum atomic E-state index is -3.55. The average molecular weight is 350 g/mol. The van der Waals surface area contributed by atoms with Gasteiger partial charge in [0.25, 0.3) is 0 Å². The van der Waals surface area contributed by atoms with E-state index in [0.717, 1.165) is 24.2 Å². The Bertz CT molecular complexity index is 714. The topological polar surface area (TPSA) is 66.5 Å². The summed E-state index contributed by atoms with van der Waals surface area (Å²) >= 11 is 0. The van der Waals surface area contributed by atoms with E-state index in [9.17, 15) is 13.2 Å². The molecule has 1 amide bonds. The smallest absolute Gasteiger partial charge is 0.243 e. The minimum Gasteiger partial charge on any atom is -0.351 e. The van der Waals surface area contributed by atoms with Crippen LogP contribution in [0, 0.1) is 18.8 Å². The van der Waals surface area contributed by atoms with E-state index in [2.05, 4.69) is 5.32 Å². The van der Waals surface area contributed by atoms with Crippen molar-refractivity contribution in [3.05, 3.63) is 29.8 Å². The van der Waals surface area contributed by atoms with Gasteiger partial charge in [0.2, 0.25) is 15.9 Å². The van der Waals surface area contributed by atoms with E-state index in [1.807, 2.05) is 19.1 Å². The summed E-state index contributed by atoms with van der Waals surface area (Å²) in [5.41, 5.74) is 1.57. The highest BCUT2D eigenvalue weighted by Crippen LogP contribution is 2.44. The summed E-state index contributed by atoms with van der Waals surface area (Å²) in [5.74, 6) is 1.09. The highest BCUT2D eigenvalue weighted by Gasteiger charge is 2.41. The van der Waals surface area contributed by atoms with Crippen LogP contribution in [0.4, 0.5) is 5.69 Å². The van der Waals surface area contributed by atoms with Gasteiger partial charge in [0.05, 0.1) is 11.9 Å². The van der Waals surface area contributed by atoms with E-state index in [1.54, 1.807) is 19.1 Å². The maximum Gasteiger partial charge on any atom is 0.243 e. The Kier molecular flexibility index (Phi) is 4.60. The first-order valence-corrected chi connectivity index (χ1v) is 10.5. The highest BCUT2D eigenvalue weighted by atomic mass is 32.2. The molecule has 0 saturated heterocycles. The number of hydrogen-bond acceptors (Lipinski definition) is 3.